The lowest BCUT2D eigenvalue weighted by Crippen LogP contribution is -2.25. The van der Waals surface area contributed by atoms with E-state index >= 15 is 0 Å². The van der Waals surface area contributed by atoms with Crippen molar-refractivity contribution in [3.63, 3.8) is 0 Å². The van der Waals surface area contributed by atoms with Gasteiger partial charge in [0, 0.05) is 34.4 Å². The third-order valence-electron chi connectivity index (χ3n) is 4.37. The number of rotatable bonds is 8. The van der Waals surface area contributed by atoms with Crippen LogP contribution < -0.4 is 5.32 Å². The summed E-state index contributed by atoms with van der Waals surface area (Å²) in [6.45, 7) is 4.45. The standard InChI is InChI=1S/C20H20BrN5O3S/c1-3-17(19(27)22-15-10-8-14(21)9-11-15)30-20-24-23-18(25(20)4-2)13-6-5-7-16(12-13)26(28)29/h5-12,17H,3-4H2,1-2H3,(H,22,27). The van der Waals surface area contributed by atoms with E-state index in [1.54, 1.807) is 12.1 Å². The lowest BCUT2D eigenvalue weighted by Gasteiger charge is -2.15. The minimum Gasteiger partial charge on any atom is -0.325 e. The fourth-order valence-corrected chi connectivity index (χ4v) is 4.12. The molecule has 0 bridgehead atoms. The number of benzene rings is 2. The second kappa shape index (κ2) is 9.86. The molecule has 0 aliphatic carbocycles. The number of nitrogens with zero attached hydrogens (tertiary/aromatic N) is 4. The van der Waals surface area contributed by atoms with Crippen LogP contribution in [0.3, 0.4) is 0 Å². The monoisotopic (exact) mass is 489 g/mol. The third kappa shape index (κ3) is 5.06. The van der Waals surface area contributed by atoms with E-state index < -0.39 is 4.92 Å². The van der Waals surface area contributed by atoms with Crippen molar-refractivity contribution in [3.05, 3.63) is 63.1 Å². The Hall–Kier alpha value is -2.72. The maximum atomic E-state index is 12.8. The van der Waals surface area contributed by atoms with Gasteiger partial charge in [0.1, 0.15) is 0 Å². The lowest BCUT2D eigenvalue weighted by atomic mass is 10.2. The summed E-state index contributed by atoms with van der Waals surface area (Å²) in [4.78, 5) is 23.4. The molecule has 1 atom stereocenters. The zero-order valence-electron chi connectivity index (χ0n) is 16.4. The van der Waals surface area contributed by atoms with Crippen LogP contribution in [0.1, 0.15) is 20.3 Å². The summed E-state index contributed by atoms with van der Waals surface area (Å²) in [6.07, 6.45) is 0.607. The molecular formula is C20H20BrN5O3S. The van der Waals surface area contributed by atoms with Gasteiger partial charge in [0.05, 0.1) is 10.2 Å². The van der Waals surface area contributed by atoms with Crippen molar-refractivity contribution in [2.45, 2.75) is 37.2 Å². The Morgan fingerprint density at radius 3 is 2.60 bits per heavy atom. The molecule has 0 aliphatic heterocycles. The van der Waals surface area contributed by atoms with Gasteiger partial charge in [0.15, 0.2) is 11.0 Å². The summed E-state index contributed by atoms with van der Waals surface area (Å²) >= 11 is 4.71. The molecule has 0 radical (unpaired) electrons. The third-order valence-corrected chi connectivity index (χ3v) is 6.24. The Labute approximate surface area is 186 Å². The van der Waals surface area contributed by atoms with Crippen LogP contribution in [0.5, 0.6) is 0 Å². The maximum Gasteiger partial charge on any atom is 0.270 e. The number of aromatic nitrogens is 3. The Morgan fingerprint density at radius 1 is 1.23 bits per heavy atom. The number of anilines is 1. The molecule has 0 saturated heterocycles. The average Bonchev–Trinajstić information content (AvgIpc) is 3.16. The van der Waals surface area contributed by atoms with Crippen LogP contribution in [-0.2, 0) is 11.3 Å². The summed E-state index contributed by atoms with van der Waals surface area (Å²) in [7, 11) is 0. The minimum atomic E-state index is -0.439. The van der Waals surface area contributed by atoms with Crippen LogP contribution >= 0.6 is 27.7 Å². The molecule has 0 fully saturated rings. The molecule has 10 heteroatoms. The predicted octanol–water partition coefficient (Wildman–Crippen LogP) is 5.15. The highest BCUT2D eigenvalue weighted by Gasteiger charge is 2.23. The van der Waals surface area contributed by atoms with E-state index in [4.69, 9.17) is 0 Å². The number of non-ortho nitro benzene ring substituents is 1. The van der Waals surface area contributed by atoms with Crippen LogP contribution in [0.15, 0.2) is 58.2 Å². The molecular weight excluding hydrogens is 470 g/mol. The van der Waals surface area contributed by atoms with Gasteiger partial charge in [-0.25, -0.2) is 0 Å². The SMILES string of the molecule is CCC(Sc1nnc(-c2cccc([N+](=O)[O-])c2)n1CC)C(=O)Nc1ccc(Br)cc1. The summed E-state index contributed by atoms with van der Waals surface area (Å²) in [5.41, 5.74) is 1.32. The van der Waals surface area contributed by atoms with Gasteiger partial charge in [-0.2, -0.15) is 0 Å². The molecule has 3 rings (SSSR count). The van der Waals surface area contributed by atoms with Crippen molar-refractivity contribution >= 4 is 45.0 Å². The van der Waals surface area contributed by atoms with Crippen LogP contribution in [0, 0.1) is 10.1 Å². The number of carbonyl (C=O) groups is 1. The van der Waals surface area contributed by atoms with Gasteiger partial charge in [-0.1, -0.05) is 46.7 Å². The number of nitro groups is 1. The first-order chi connectivity index (χ1) is 14.4. The number of halogens is 1. The molecule has 1 unspecified atom stereocenters. The smallest absolute Gasteiger partial charge is 0.270 e. The van der Waals surface area contributed by atoms with Gasteiger partial charge in [-0.05, 0) is 37.6 Å². The van der Waals surface area contributed by atoms with Crippen LogP contribution in [0.25, 0.3) is 11.4 Å². The largest absolute Gasteiger partial charge is 0.325 e. The second-order valence-corrected chi connectivity index (χ2v) is 8.45. The summed E-state index contributed by atoms with van der Waals surface area (Å²) in [5, 5.41) is 22.7. The molecule has 30 heavy (non-hydrogen) atoms. The van der Waals surface area contributed by atoms with Crippen molar-refractivity contribution in [3.8, 4) is 11.4 Å². The van der Waals surface area contributed by atoms with Crippen molar-refractivity contribution < 1.29 is 9.72 Å². The van der Waals surface area contributed by atoms with Gasteiger partial charge in [0.2, 0.25) is 5.91 Å². The summed E-state index contributed by atoms with van der Waals surface area (Å²) < 4.78 is 2.80. The average molecular weight is 490 g/mol. The zero-order valence-corrected chi connectivity index (χ0v) is 18.8. The highest BCUT2D eigenvalue weighted by Crippen LogP contribution is 2.30. The van der Waals surface area contributed by atoms with Crippen LogP contribution in [0.4, 0.5) is 11.4 Å². The quantitative estimate of drug-likeness (QED) is 0.266. The van der Waals surface area contributed by atoms with E-state index in [9.17, 15) is 14.9 Å². The van der Waals surface area contributed by atoms with Gasteiger partial charge < -0.3 is 9.88 Å². The van der Waals surface area contributed by atoms with E-state index in [-0.39, 0.29) is 16.8 Å². The molecule has 156 valence electrons. The molecule has 1 N–H and O–H groups in total. The fourth-order valence-electron chi connectivity index (χ4n) is 2.84. The van der Waals surface area contributed by atoms with E-state index in [0.29, 0.717) is 29.5 Å². The molecule has 0 saturated carbocycles. The number of nitrogens with one attached hydrogen (secondary N) is 1. The second-order valence-electron chi connectivity index (χ2n) is 6.37. The van der Waals surface area contributed by atoms with Gasteiger partial charge in [0.25, 0.3) is 5.69 Å². The maximum absolute atomic E-state index is 12.8. The van der Waals surface area contributed by atoms with E-state index in [0.717, 1.165) is 10.2 Å². The number of hydrogen-bond acceptors (Lipinski definition) is 6. The van der Waals surface area contributed by atoms with Crippen molar-refractivity contribution in [2.75, 3.05) is 5.32 Å². The number of thioether (sulfide) groups is 1. The first-order valence-electron chi connectivity index (χ1n) is 9.34. The highest BCUT2D eigenvalue weighted by atomic mass is 79.9. The Morgan fingerprint density at radius 2 is 1.97 bits per heavy atom. The molecule has 0 aliphatic rings. The van der Waals surface area contributed by atoms with Gasteiger partial charge >= 0.3 is 0 Å². The van der Waals surface area contributed by atoms with Crippen LogP contribution in [0.2, 0.25) is 0 Å². The first-order valence-corrected chi connectivity index (χ1v) is 11.0. The number of nitro benzene ring substituents is 1. The molecule has 3 aromatic rings. The van der Waals surface area contributed by atoms with E-state index in [1.165, 1.54) is 23.9 Å². The van der Waals surface area contributed by atoms with E-state index in [1.807, 2.05) is 42.7 Å². The number of hydrogen-bond donors (Lipinski definition) is 1. The van der Waals surface area contributed by atoms with Crippen LogP contribution in [-0.4, -0.2) is 30.8 Å². The zero-order chi connectivity index (χ0) is 21.7. The molecule has 2 aromatic carbocycles. The minimum absolute atomic E-state index is 0.00679. The van der Waals surface area contributed by atoms with Gasteiger partial charge in [-0.3, -0.25) is 14.9 Å². The first kappa shape index (κ1) is 22.0. The lowest BCUT2D eigenvalue weighted by molar-refractivity contribution is -0.384. The molecule has 1 heterocycles. The van der Waals surface area contributed by atoms with Crippen molar-refractivity contribution in [1.82, 2.24) is 14.8 Å². The fraction of sp³-hybridized carbons (Fsp3) is 0.250. The summed E-state index contributed by atoms with van der Waals surface area (Å²) in [6, 6.07) is 13.7. The van der Waals surface area contributed by atoms with Crippen molar-refractivity contribution in [1.29, 1.82) is 0 Å². The Balaban J connectivity index is 1.81. The number of amides is 1. The molecule has 1 amide bonds. The highest BCUT2D eigenvalue weighted by molar-refractivity contribution is 9.10. The van der Waals surface area contributed by atoms with Crippen molar-refractivity contribution in [2.24, 2.45) is 0 Å². The summed E-state index contributed by atoms with van der Waals surface area (Å²) in [5.74, 6) is 0.416. The Kier molecular flexibility index (Phi) is 7.22. The Bertz CT molecular complexity index is 1050. The molecule has 0 spiro atoms. The number of carbonyl (C=O) groups excluding carboxylic acids is 1. The normalized spacial score (nSPS) is 11.8. The molecule has 1 aromatic heterocycles. The predicted molar refractivity (Wildman–Crippen MR) is 120 cm³/mol. The van der Waals surface area contributed by atoms with E-state index in [2.05, 4.69) is 31.4 Å². The molecule has 8 nitrogen and oxygen atoms in total. The topological polar surface area (TPSA) is 103 Å². The van der Waals surface area contributed by atoms with Gasteiger partial charge in [-0.15, -0.1) is 10.2 Å².